The van der Waals surface area contributed by atoms with Crippen LogP contribution >= 0.6 is 0 Å². The Morgan fingerprint density at radius 2 is 2.22 bits per heavy atom. The number of hydrogen-bond donors (Lipinski definition) is 1. The summed E-state index contributed by atoms with van der Waals surface area (Å²) in [5.41, 5.74) is 5.65. The number of hydrogen-bond acceptors (Lipinski definition) is 4. The van der Waals surface area contributed by atoms with Gasteiger partial charge in [-0.1, -0.05) is 0 Å². The van der Waals surface area contributed by atoms with Crippen LogP contribution in [0.2, 0.25) is 0 Å². The molecule has 2 rings (SSSR count). The Balaban J connectivity index is 2.23. The molecule has 4 heteroatoms. The Kier molecular flexibility index (Phi) is 4.09. The van der Waals surface area contributed by atoms with Crippen molar-refractivity contribution in [2.75, 3.05) is 20.7 Å². The lowest BCUT2D eigenvalue weighted by Crippen LogP contribution is -2.29. The molecule has 1 aromatic carbocycles. The fourth-order valence-corrected chi connectivity index (χ4v) is 2.15. The summed E-state index contributed by atoms with van der Waals surface area (Å²) < 4.78 is 11.5. The minimum absolute atomic E-state index is 0.270. The van der Waals surface area contributed by atoms with Crippen molar-refractivity contribution in [3.05, 3.63) is 23.3 Å². The molecule has 0 aliphatic carbocycles. The second-order valence-electron chi connectivity index (χ2n) is 4.86. The van der Waals surface area contributed by atoms with Crippen LogP contribution in [0.5, 0.6) is 11.5 Å². The zero-order chi connectivity index (χ0) is 13.1. The Morgan fingerprint density at radius 1 is 1.44 bits per heavy atom. The fraction of sp³-hybridized carbons (Fsp3) is 0.571. The first kappa shape index (κ1) is 13.2. The molecule has 0 spiro atoms. The van der Waals surface area contributed by atoms with Crippen LogP contribution in [0.1, 0.15) is 25.0 Å². The van der Waals surface area contributed by atoms with Crippen molar-refractivity contribution < 1.29 is 9.47 Å². The highest BCUT2D eigenvalue weighted by molar-refractivity contribution is 5.48. The molecule has 1 atom stereocenters. The number of nitrogens with zero attached hydrogens (tertiary/aromatic N) is 1. The van der Waals surface area contributed by atoms with Crippen molar-refractivity contribution in [1.82, 2.24) is 10.4 Å². The number of fused-ring (bicyclic) bond motifs is 1. The highest BCUT2D eigenvalue weighted by Crippen LogP contribution is 2.35. The van der Waals surface area contributed by atoms with Crippen molar-refractivity contribution in [1.29, 1.82) is 0 Å². The van der Waals surface area contributed by atoms with Gasteiger partial charge in [-0.3, -0.25) is 10.4 Å². The predicted octanol–water partition coefficient (Wildman–Crippen LogP) is 1.97. The second kappa shape index (κ2) is 5.59. The van der Waals surface area contributed by atoms with E-state index < -0.39 is 0 Å². The molecule has 1 aromatic rings. The molecular formula is C14H22N2O2. The summed E-state index contributed by atoms with van der Waals surface area (Å²) in [6, 6.07) is 4.22. The molecule has 1 heterocycles. The summed E-state index contributed by atoms with van der Waals surface area (Å²) in [5.74, 6) is 1.96. The van der Waals surface area contributed by atoms with E-state index in [9.17, 15) is 0 Å². The molecular weight excluding hydrogens is 228 g/mol. The van der Waals surface area contributed by atoms with Gasteiger partial charge in [-0.25, -0.2) is 0 Å². The average Bonchev–Trinajstić information content (AvgIpc) is 2.65. The molecule has 1 aliphatic heterocycles. The van der Waals surface area contributed by atoms with Crippen molar-refractivity contribution in [2.45, 2.75) is 32.9 Å². The number of nitrogens with one attached hydrogen (secondary N) is 1. The monoisotopic (exact) mass is 250 g/mol. The Bertz CT molecular complexity index is 419. The zero-order valence-electron chi connectivity index (χ0n) is 11.6. The predicted molar refractivity (Wildman–Crippen MR) is 71.9 cm³/mol. The van der Waals surface area contributed by atoms with Gasteiger partial charge in [-0.15, -0.1) is 0 Å². The van der Waals surface area contributed by atoms with Gasteiger partial charge in [0.2, 0.25) is 0 Å². The third-order valence-electron chi connectivity index (χ3n) is 2.96. The van der Waals surface area contributed by atoms with Gasteiger partial charge in [0.25, 0.3) is 0 Å². The summed E-state index contributed by atoms with van der Waals surface area (Å²) in [5, 5.41) is 1.94. The lowest BCUT2D eigenvalue weighted by atomic mass is 10.1. The van der Waals surface area contributed by atoms with Gasteiger partial charge in [0.1, 0.15) is 17.6 Å². The molecule has 0 fully saturated rings. The van der Waals surface area contributed by atoms with E-state index in [2.05, 4.69) is 24.5 Å². The summed E-state index contributed by atoms with van der Waals surface area (Å²) >= 11 is 0. The summed E-state index contributed by atoms with van der Waals surface area (Å²) in [6.07, 6.45) is 1.24. The van der Waals surface area contributed by atoms with E-state index in [1.54, 1.807) is 0 Å². The van der Waals surface area contributed by atoms with E-state index in [-0.39, 0.29) is 6.10 Å². The van der Waals surface area contributed by atoms with E-state index in [0.717, 1.165) is 30.0 Å². The van der Waals surface area contributed by atoms with Crippen LogP contribution in [0.25, 0.3) is 0 Å². The maximum atomic E-state index is 5.79. The molecule has 18 heavy (non-hydrogen) atoms. The molecule has 0 radical (unpaired) electrons. The third kappa shape index (κ3) is 2.94. The molecule has 0 saturated heterocycles. The maximum Gasteiger partial charge on any atom is 0.124 e. The van der Waals surface area contributed by atoms with Gasteiger partial charge in [0.15, 0.2) is 0 Å². The molecule has 100 valence electrons. The summed E-state index contributed by atoms with van der Waals surface area (Å²) in [7, 11) is 3.96. The van der Waals surface area contributed by atoms with Gasteiger partial charge >= 0.3 is 0 Å². The van der Waals surface area contributed by atoms with Crippen LogP contribution in [-0.4, -0.2) is 31.8 Å². The van der Waals surface area contributed by atoms with Crippen molar-refractivity contribution in [3.8, 4) is 11.5 Å². The molecule has 0 saturated carbocycles. The van der Waals surface area contributed by atoms with Gasteiger partial charge in [0.05, 0.1) is 6.61 Å². The normalized spacial score (nSPS) is 17.7. The van der Waals surface area contributed by atoms with Gasteiger partial charge in [-0.2, -0.15) is 0 Å². The summed E-state index contributed by atoms with van der Waals surface area (Å²) in [6.45, 7) is 5.53. The van der Waals surface area contributed by atoms with Crippen LogP contribution in [0, 0.1) is 0 Å². The van der Waals surface area contributed by atoms with Crippen LogP contribution in [0.4, 0.5) is 0 Å². The number of hydrazine groups is 1. The highest BCUT2D eigenvalue weighted by Gasteiger charge is 2.21. The van der Waals surface area contributed by atoms with Crippen LogP contribution in [-0.2, 0) is 13.0 Å². The van der Waals surface area contributed by atoms with E-state index in [1.807, 2.05) is 26.0 Å². The largest absolute Gasteiger partial charge is 0.494 e. The second-order valence-corrected chi connectivity index (χ2v) is 4.86. The number of rotatable bonds is 5. The lowest BCUT2D eigenvalue weighted by molar-refractivity contribution is 0.253. The first-order chi connectivity index (χ1) is 8.60. The highest BCUT2D eigenvalue weighted by atomic mass is 16.5. The fourth-order valence-electron chi connectivity index (χ4n) is 2.15. The van der Waals surface area contributed by atoms with Gasteiger partial charge in [-0.05, 0) is 26.0 Å². The molecule has 4 nitrogen and oxygen atoms in total. The number of benzene rings is 1. The Morgan fingerprint density at radius 3 is 2.89 bits per heavy atom. The van der Waals surface area contributed by atoms with Crippen molar-refractivity contribution in [2.24, 2.45) is 0 Å². The molecule has 0 bridgehead atoms. The Labute approximate surface area is 109 Å². The zero-order valence-corrected chi connectivity index (χ0v) is 11.6. The standard InChI is InChI=1S/C14H22N2O2/c1-5-17-13-7-11-6-10(2)18-14(11)8-12(13)9-15-16(3)4/h7-8,10,15H,5-6,9H2,1-4H3. The van der Waals surface area contributed by atoms with Crippen LogP contribution in [0.15, 0.2) is 12.1 Å². The molecule has 1 unspecified atom stereocenters. The van der Waals surface area contributed by atoms with E-state index in [4.69, 9.17) is 9.47 Å². The minimum Gasteiger partial charge on any atom is -0.494 e. The lowest BCUT2D eigenvalue weighted by Gasteiger charge is -2.16. The minimum atomic E-state index is 0.270. The first-order valence-corrected chi connectivity index (χ1v) is 6.46. The maximum absolute atomic E-state index is 5.79. The SMILES string of the molecule is CCOc1cc2c(cc1CNN(C)C)OC(C)C2. The van der Waals surface area contributed by atoms with E-state index in [0.29, 0.717) is 6.61 Å². The number of ether oxygens (including phenoxy) is 2. The smallest absolute Gasteiger partial charge is 0.124 e. The molecule has 1 aliphatic rings. The molecule has 1 N–H and O–H groups in total. The van der Waals surface area contributed by atoms with Crippen molar-refractivity contribution in [3.63, 3.8) is 0 Å². The molecule has 0 aromatic heterocycles. The van der Waals surface area contributed by atoms with E-state index in [1.165, 1.54) is 5.56 Å². The van der Waals surface area contributed by atoms with Crippen LogP contribution in [0.3, 0.4) is 0 Å². The van der Waals surface area contributed by atoms with Crippen molar-refractivity contribution >= 4 is 0 Å². The van der Waals surface area contributed by atoms with Gasteiger partial charge in [0, 0.05) is 38.2 Å². The first-order valence-electron chi connectivity index (χ1n) is 6.46. The third-order valence-corrected chi connectivity index (χ3v) is 2.96. The Hall–Kier alpha value is -1.26. The molecule has 0 amide bonds. The van der Waals surface area contributed by atoms with Crippen LogP contribution < -0.4 is 14.9 Å². The average molecular weight is 250 g/mol. The van der Waals surface area contributed by atoms with E-state index >= 15 is 0 Å². The van der Waals surface area contributed by atoms with Gasteiger partial charge < -0.3 is 9.47 Å². The quantitative estimate of drug-likeness (QED) is 0.810. The topological polar surface area (TPSA) is 33.7 Å². The summed E-state index contributed by atoms with van der Waals surface area (Å²) in [4.78, 5) is 0.